The Morgan fingerprint density at radius 2 is 2.14 bits per heavy atom. The van der Waals surface area contributed by atoms with Crippen LogP contribution in [-0.2, 0) is 6.54 Å². The first kappa shape index (κ1) is 18.3. The normalized spacial score (nSPS) is 12.1. The van der Waals surface area contributed by atoms with Crippen molar-refractivity contribution in [2.75, 3.05) is 19.3 Å². The van der Waals surface area contributed by atoms with Crippen molar-refractivity contribution in [1.29, 1.82) is 0 Å². The van der Waals surface area contributed by atoms with Crippen molar-refractivity contribution in [3.8, 4) is 0 Å². The molecule has 0 saturated heterocycles. The third-order valence-electron chi connectivity index (χ3n) is 3.12. The Bertz CT molecular complexity index is 532. The highest BCUT2D eigenvalue weighted by Gasteiger charge is 2.16. The molecule has 1 rings (SSSR count). The van der Waals surface area contributed by atoms with Gasteiger partial charge in [-0.2, -0.15) is 11.8 Å². The topological polar surface area (TPSA) is 79.6 Å². The van der Waals surface area contributed by atoms with Crippen molar-refractivity contribution >= 4 is 23.4 Å². The lowest BCUT2D eigenvalue weighted by Crippen LogP contribution is -2.43. The van der Waals surface area contributed by atoms with Gasteiger partial charge >= 0.3 is 0 Å². The van der Waals surface area contributed by atoms with Crippen LogP contribution in [0.3, 0.4) is 0 Å². The van der Waals surface area contributed by atoms with Crippen LogP contribution in [0, 0.1) is 10.1 Å². The van der Waals surface area contributed by atoms with Crippen LogP contribution in [0.25, 0.3) is 0 Å². The number of rotatable bonds is 7. The molecular weight excluding hydrogens is 300 g/mol. The molecule has 2 N–H and O–H groups in total. The Morgan fingerprint density at radius 1 is 1.41 bits per heavy atom. The van der Waals surface area contributed by atoms with Crippen LogP contribution in [0.1, 0.15) is 26.3 Å². The lowest BCUT2D eigenvalue weighted by molar-refractivity contribution is -0.384. The van der Waals surface area contributed by atoms with Crippen LogP contribution in [0.5, 0.6) is 0 Å². The van der Waals surface area contributed by atoms with Gasteiger partial charge in [-0.3, -0.25) is 10.1 Å². The van der Waals surface area contributed by atoms with E-state index >= 15 is 0 Å². The van der Waals surface area contributed by atoms with E-state index in [1.54, 1.807) is 23.9 Å². The minimum atomic E-state index is -0.391. The number of guanidine groups is 1. The zero-order valence-corrected chi connectivity index (χ0v) is 14.4. The number of non-ortho nitro benzene ring substituents is 1. The summed E-state index contributed by atoms with van der Waals surface area (Å²) in [6, 6.07) is 6.56. The lowest BCUT2D eigenvalue weighted by Gasteiger charge is -2.23. The molecule has 0 aromatic heterocycles. The zero-order valence-electron chi connectivity index (χ0n) is 13.5. The number of nitrogens with one attached hydrogen (secondary N) is 2. The molecule has 0 fully saturated rings. The largest absolute Gasteiger partial charge is 0.357 e. The first-order valence-corrected chi connectivity index (χ1v) is 8.41. The maximum atomic E-state index is 10.8. The van der Waals surface area contributed by atoms with Crippen molar-refractivity contribution in [2.24, 2.45) is 4.99 Å². The quantitative estimate of drug-likeness (QED) is 0.349. The maximum absolute atomic E-state index is 10.8. The third kappa shape index (κ3) is 6.34. The van der Waals surface area contributed by atoms with Gasteiger partial charge in [0, 0.05) is 30.0 Å². The van der Waals surface area contributed by atoms with Crippen LogP contribution < -0.4 is 10.6 Å². The van der Waals surface area contributed by atoms with Crippen LogP contribution in [-0.4, -0.2) is 35.0 Å². The van der Waals surface area contributed by atoms with Crippen LogP contribution in [0.15, 0.2) is 29.3 Å². The van der Waals surface area contributed by atoms with Crippen molar-refractivity contribution in [2.45, 2.75) is 32.1 Å². The van der Waals surface area contributed by atoms with Gasteiger partial charge in [0.1, 0.15) is 0 Å². The molecule has 122 valence electrons. The van der Waals surface area contributed by atoms with E-state index in [0.717, 1.165) is 24.6 Å². The van der Waals surface area contributed by atoms with Crippen molar-refractivity contribution in [3.63, 3.8) is 0 Å². The first-order valence-electron chi connectivity index (χ1n) is 7.18. The number of nitrogens with zero attached hydrogens (tertiary/aromatic N) is 2. The highest BCUT2D eigenvalue weighted by Crippen LogP contribution is 2.19. The second-order valence-corrected chi connectivity index (χ2v) is 6.95. The third-order valence-corrected chi connectivity index (χ3v) is 4.37. The van der Waals surface area contributed by atoms with Gasteiger partial charge in [-0.05, 0) is 32.6 Å². The molecule has 0 saturated carbocycles. The molecule has 22 heavy (non-hydrogen) atoms. The molecular formula is C15H24N4O2S. The van der Waals surface area contributed by atoms with E-state index in [0.29, 0.717) is 6.54 Å². The minimum Gasteiger partial charge on any atom is -0.357 e. The number of hydrogen-bond acceptors (Lipinski definition) is 4. The second kappa shape index (κ2) is 8.63. The van der Waals surface area contributed by atoms with Crippen LogP contribution in [0.2, 0.25) is 0 Å². The molecule has 0 spiro atoms. The van der Waals surface area contributed by atoms with E-state index in [2.05, 4.69) is 35.7 Å². The smallest absolute Gasteiger partial charge is 0.269 e. The van der Waals surface area contributed by atoms with E-state index in [4.69, 9.17) is 0 Å². The Morgan fingerprint density at radius 3 is 2.73 bits per heavy atom. The minimum absolute atomic E-state index is 0.0918. The fraction of sp³-hybridized carbons (Fsp3) is 0.533. The van der Waals surface area contributed by atoms with E-state index in [-0.39, 0.29) is 10.4 Å². The highest BCUT2D eigenvalue weighted by molar-refractivity contribution is 7.99. The number of nitro benzene ring substituents is 1. The maximum Gasteiger partial charge on any atom is 0.269 e. The Hall–Kier alpha value is -1.76. The molecule has 7 heteroatoms. The molecule has 0 atom stereocenters. The lowest BCUT2D eigenvalue weighted by atomic mass is 10.2. The molecule has 0 heterocycles. The van der Waals surface area contributed by atoms with Gasteiger partial charge in [0.25, 0.3) is 5.69 Å². The summed E-state index contributed by atoms with van der Waals surface area (Å²) in [6.07, 6.45) is 2.08. The second-order valence-electron chi connectivity index (χ2n) is 5.44. The van der Waals surface area contributed by atoms with Gasteiger partial charge in [0.2, 0.25) is 0 Å². The number of thioether (sulfide) groups is 1. The van der Waals surface area contributed by atoms with Gasteiger partial charge in [0.05, 0.1) is 11.5 Å². The summed E-state index contributed by atoms with van der Waals surface area (Å²) >= 11 is 1.79. The summed E-state index contributed by atoms with van der Waals surface area (Å²) in [6.45, 7) is 8.28. The van der Waals surface area contributed by atoms with Gasteiger partial charge in [-0.15, -0.1) is 0 Å². The van der Waals surface area contributed by atoms with E-state index < -0.39 is 4.92 Å². The molecule has 0 bridgehead atoms. The molecule has 0 unspecified atom stereocenters. The van der Waals surface area contributed by atoms with Crippen LogP contribution in [0.4, 0.5) is 5.69 Å². The molecule has 0 aliphatic heterocycles. The molecule has 0 aliphatic carbocycles. The van der Waals surface area contributed by atoms with E-state index in [9.17, 15) is 10.1 Å². The number of hydrogen-bond donors (Lipinski definition) is 2. The fourth-order valence-corrected chi connectivity index (χ4v) is 1.87. The van der Waals surface area contributed by atoms with E-state index in [1.807, 2.05) is 13.0 Å². The number of nitro groups is 1. The summed E-state index contributed by atoms with van der Waals surface area (Å²) in [4.78, 5) is 14.9. The Kier molecular flexibility index (Phi) is 7.17. The predicted molar refractivity (Wildman–Crippen MR) is 93.5 cm³/mol. The van der Waals surface area contributed by atoms with Gasteiger partial charge in [0.15, 0.2) is 5.96 Å². The fourth-order valence-electron chi connectivity index (χ4n) is 1.65. The van der Waals surface area contributed by atoms with Gasteiger partial charge in [-0.1, -0.05) is 12.1 Å². The first-order chi connectivity index (χ1) is 10.4. The molecule has 6 nitrogen and oxygen atoms in total. The Labute approximate surface area is 135 Å². The molecule has 0 amide bonds. The van der Waals surface area contributed by atoms with Crippen LogP contribution >= 0.6 is 11.8 Å². The molecule has 1 aromatic carbocycles. The summed E-state index contributed by atoms with van der Waals surface area (Å²) in [5.74, 6) is 0.719. The summed E-state index contributed by atoms with van der Waals surface area (Å²) in [5.41, 5.74) is 0.907. The average molecular weight is 324 g/mol. The standard InChI is InChI=1S/C15H24N4O2S/c1-5-16-14(18-11-15(2,3)22-4)17-10-12-7-6-8-13(9-12)19(20)21/h6-9H,5,10-11H2,1-4H3,(H2,16,17,18). The SMILES string of the molecule is CCNC(=NCc1cccc([N+](=O)[O-])c1)NCC(C)(C)SC. The zero-order chi connectivity index (χ0) is 16.6. The van der Waals surface area contributed by atoms with E-state index in [1.165, 1.54) is 6.07 Å². The highest BCUT2D eigenvalue weighted by atomic mass is 32.2. The average Bonchev–Trinajstić information content (AvgIpc) is 2.50. The van der Waals surface area contributed by atoms with Crippen molar-refractivity contribution in [3.05, 3.63) is 39.9 Å². The van der Waals surface area contributed by atoms with Crippen molar-refractivity contribution in [1.82, 2.24) is 10.6 Å². The summed E-state index contributed by atoms with van der Waals surface area (Å²) in [7, 11) is 0. The number of aliphatic imine (C=N–C) groups is 1. The molecule has 0 radical (unpaired) electrons. The predicted octanol–water partition coefficient (Wildman–Crippen LogP) is 2.79. The van der Waals surface area contributed by atoms with Gasteiger partial charge in [-0.25, -0.2) is 4.99 Å². The summed E-state index contributed by atoms with van der Waals surface area (Å²) < 4.78 is 0.113. The molecule has 0 aliphatic rings. The summed E-state index contributed by atoms with van der Waals surface area (Å²) in [5, 5.41) is 17.3. The monoisotopic (exact) mass is 324 g/mol. The Balaban J connectivity index is 2.73. The van der Waals surface area contributed by atoms with Gasteiger partial charge < -0.3 is 10.6 Å². The number of benzene rings is 1. The molecule has 1 aromatic rings. The van der Waals surface area contributed by atoms with Crippen molar-refractivity contribution < 1.29 is 4.92 Å².